The number of halogens is 1. The van der Waals surface area contributed by atoms with Crippen molar-refractivity contribution >= 4 is 35.6 Å². The molecule has 7 heteroatoms. The molecule has 0 atom stereocenters. The summed E-state index contributed by atoms with van der Waals surface area (Å²) in [6, 6.07) is 5.66. The summed E-state index contributed by atoms with van der Waals surface area (Å²) in [5.41, 5.74) is 0.595. The van der Waals surface area contributed by atoms with E-state index in [1.54, 1.807) is 21.3 Å². The van der Waals surface area contributed by atoms with Crippen LogP contribution in [0.1, 0.15) is 20.8 Å². The van der Waals surface area contributed by atoms with Crippen LogP contribution in [0.15, 0.2) is 23.2 Å². The van der Waals surface area contributed by atoms with Crippen LogP contribution in [-0.2, 0) is 4.74 Å². The second-order valence-electron chi connectivity index (χ2n) is 5.31. The summed E-state index contributed by atoms with van der Waals surface area (Å²) >= 11 is 0. The Bertz CT molecular complexity index is 507. The maximum absolute atomic E-state index is 5.51. The second-order valence-corrected chi connectivity index (χ2v) is 5.31. The minimum atomic E-state index is -0.270. The maximum atomic E-state index is 5.51. The number of benzene rings is 1. The number of nitrogens with one attached hydrogen (secondary N) is 2. The van der Waals surface area contributed by atoms with E-state index in [1.165, 1.54) is 0 Å². The summed E-state index contributed by atoms with van der Waals surface area (Å²) in [5.74, 6) is 2.06. The van der Waals surface area contributed by atoms with Crippen molar-refractivity contribution in [2.45, 2.75) is 26.4 Å². The molecular formula is C16H28IN3O3. The Labute approximate surface area is 156 Å². The number of anilines is 1. The van der Waals surface area contributed by atoms with Gasteiger partial charge in [-0.2, -0.15) is 0 Å². The van der Waals surface area contributed by atoms with Crippen LogP contribution in [0.3, 0.4) is 0 Å². The average Bonchev–Trinajstić information content (AvgIpc) is 2.52. The summed E-state index contributed by atoms with van der Waals surface area (Å²) in [6.45, 7) is 7.19. The predicted molar refractivity (Wildman–Crippen MR) is 106 cm³/mol. The van der Waals surface area contributed by atoms with Gasteiger partial charge in [0, 0.05) is 32.5 Å². The molecule has 23 heavy (non-hydrogen) atoms. The largest absolute Gasteiger partial charge is 0.493 e. The third kappa shape index (κ3) is 7.26. The lowest BCUT2D eigenvalue weighted by Gasteiger charge is -2.24. The molecule has 1 rings (SSSR count). The van der Waals surface area contributed by atoms with Gasteiger partial charge in [0.1, 0.15) is 0 Å². The molecule has 1 aromatic rings. The molecule has 0 saturated heterocycles. The highest BCUT2D eigenvalue weighted by molar-refractivity contribution is 14.0. The quantitative estimate of drug-likeness (QED) is 0.390. The summed E-state index contributed by atoms with van der Waals surface area (Å²) in [5, 5.41) is 6.45. The van der Waals surface area contributed by atoms with E-state index in [9.17, 15) is 0 Å². The van der Waals surface area contributed by atoms with E-state index in [1.807, 2.05) is 39.0 Å². The third-order valence-corrected chi connectivity index (χ3v) is 3.18. The lowest BCUT2D eigenvalue weighted by atomic mass is 10.1. The molecule has 0 radical (unpaired) electrons. The normalized spacial score (nSPS) is 11.5. The van der Waals surface area contributed by atoms with Crippen LogP contribution >= 0.6 is 24.0 Å². The highest BCUT2D eigenvalue weighted by atomic mass is 127. The van der Waals surface area contributed by atoms with E-state index in [0.717, 1.165) is 11.4 Å². The van der Waals surface area contributed by atoms with Crippen LogP contribution in [-0.4, -0.2) is 46.0 Å². The summed E-state index contributed by atoms with van der Waals surface area (Å²) in [4.78, 5) is 4.20. The van der Waals surface area contributed by atoms with Gasteiger partial charge in [-0.05, 0) is 32.9 Å². The molecule has 0 aliphatic rings. The number of rotatable bonds is 7. The first-order valence-electron chi connectivity index (χ1n) is 7.29. The lowest BCUT2D eigenvalue weighted by molar-refractivity contribution is 0.0270. The summed E-state index contributed by atoms with van der Waals surface area (Å²) in [6.07, 6.45) is 0. The van der Waals surface area contributed by atoms with E-state index < -0.39 is 0 Å². The third-order valence-electron chi connectivity index (χ3n) is 3.18. The molecule has 2 N–H and O–H groups in total. The van der Waals surface area contributed by atoms with Gasteiger partial charge < -0.3 is 24.8 Å². The van der Waals surface area contributed by atoms with Gasteiger partial charge in [0.15, 0.2) is 17.5 Å². The van der Waals surface area contributed by atoms with Crippen molar-refractivity contribution in [1.29, 1.82) is 0 Å². The van der Waals surface area contributed by atoms with Crippen molar-refractivity contribution < 1.29 is 14.2 Å². The number of aliphatic imine (C=N–C) groups is 1. The van der Waals surface area contributed by atoms with Crippen molar-refractivity contribution in [3.63, 3.8) is 0 Å². The highest BCUT2D eigenvalue weighted by Gasteiger charge is 2.16. The molecule has 0 aromatic heterocycles. The first kappa shape index (κ1) is 21.8. The molecule has 132 valence electrons. The number of ether oxygens (including phenoxy) is 3. The minimum absolute atomic E-state index is 0. The van der Waals surface area contributed by atoms with Crippen molar-refractivity contribution in [2.24, 2.45) is 4.99 Å². The van der Waals surface area contributed by atoms with Crippen molar-refractivity contribution in [1.82, 2.24) is 5.32 Å². The van der Waals surface area contributed by atoms with Gasteiger partial charge in [0.2, 0.25) is 0 Å². The number of methoxy groups -OCH3 is 2. The van der Waals surface area contributed by atoms with Crippen molar-refractivity contribution in [3.8, 4) is 11.5 Å². The number of nitrogens with zero attached hydrogens (tertiary/aromatic N) is 1. The van der Waals surface area contributed by atoms with Crippen LogP contribution in [0.5, 0.6) is 11.5 Å². The number of hydrogen-bond donors (Lipinski definition) is 2. The Kier molecular flexibility index (Phi) is 9.98. The van der Waals surface area contributed by atoms with Crippen molar-refractivity contribution in [3.05, 3.63) is 18.2 Å². The first-order valence-corrected chi connectivity index (χ1v) is 7.29. The number of guanidine groups is 1. The van der Waals surface area contributed by atoms with Crippen LogP contribution in [0.2, 0.25) is 0 Å². The van der Waals surface area contributed by atoms with Crippen LogP contribution < -0.4 is 20.1 Å². The monoisotopic (exact) mass is 437 g/mol. The minimum Gasteiger partial charge on any atom is -0.493 e. The standard InChI is InChI=1S/C16H27N3O3.HI/c1-7-22-13-9-8-12(10-14(13)20-5)19-15(17-4)18-11-16(2,3)21-6;/h8-10H,7,11H2,1-6H3,(H2,17,18,19);1H. The van der Waals surface area contributed by atoms with Gasteiger partial charge >= 0.3 is 0 Å². The molecule has 0 aliphatic heterocycles. The molecular weight excluding hydrogens is 409 g/mol. The van der Waals surface area contributed by atoms with Crippen LogP contribution in [0.25, 0.3) is 0 Å². The molecule has 0 unspecified atom stereocenters. The van der Waals surface area contributed by atoms with Gasteiger partial charge in [-0.3, -0.25) is 4.99 Å². The molecule has 0 spiro atoms. The fourth-order valence-electron chi connectivity index (χ4n) is 1.70. The fraction of sp³-hybridized carbons (Fsp3) is 0.562. The van der Waals surface area contributed by atoms with Gasteiger partial charge in [-0.1, -0.05) is 0 Å². The van der Waals surface area contributed by atoms with Crippen molar-refractivity contribution in [2.75, 3.05) is 39.7 Å². The topological polar surface area (TPSA) is 64.1 Å². The molecule has 0 fully saturated rings. The van der Waals surface area contributed by atoms with Gasteiger partial charge in [0.05, 0.1) is 19.3 Å². The SMILES string of the molecule is CCOc1ccc(NC(=NC)NCC(C)(C)OC)cc1OC.I. The zero-order chi connectivity index (χ0) is 16.6. The molecule has 0 bridgehead atoms. The molecule has 0 saturated carbocycles. The second kappa shape index (κ2) is 10.5. The Morgan fingerprint density at radius 2 is 1.91 bits per heavy atom. The Balaban J connectivity index is 0.00000484. The van der Waals surface area contributed by atoms with E-state index >= 15 is 0 Å². The smallest absolute Gasteiger partial charge is 0.195 e. The highest BCUT2D eigenvalue weighted by Crippen LogP contribution is 2.30. The Morgan fingerprint density at radius 3 is 2.43 bits per heavy atom. The van der Waals surface area contributed by atoms with Crippen LogP contribution in [0.4, 0.5) is 5.69 Å². The zero-order valence-corrected chi connectivity index (χ0v) is 17.1. The molecule has 0 amide bonds. The van der Waals surface area contributed by atoms with E-state index in [-0.39, 0.29) is 29.6 Å². The molecule has 0 heterocycles. The van der Waals surface area contributed by atoms with Gasteiger partial charge in [0.25, 0.3) is 0 Å². The molecule has 6 nitrogen and oxygen atoms in total. The van der Waals surface area contributed by atoms with E-state index in [0.29, 0.717) is 24.9 Å². The summed E-state index contributed by atoms with van der Waals surface area (Å²) < 4.78 is 16.2. The predicted octanol–water partition coefficient (Wildman–Crippen LogP) is 3.12. The Morgan fingerprint density at radius 1 is 1.22 bits per heavy atom. The summed E-state index contributed by atoms with van der Waals surface area (Å²) in [7, 11) is 5.03. The molecule has 1 aromatic carbocycles. The molecule has 0 aliphatic carbocycles. The number of hydrogen-bond acceptors (Lipinski definition) is 4. The maximum Gasteiger partial charge on any atom is 0.195 e. The first-order chi connectivity index (χ1) is 10.5. The van der Waals surface area contributed by atoms with E-state index in [2.05, 4.69) is 15.6 Å². The zero-order valence-electron chi connectivity index (χ0n) is 14.7. The van der Waals surface area contributed by atoms with Crippen LogP contribution in [0, 0.1) is 0 Å². The van der Waals surface area contributed by atoms with Gasteiger partial charge in [-0.15, -0.1) is 24.0 Å². The Hall–Kier alpha value is -1.22. The average molecular weight is 437 g/mol. The van der Waals surface area contributed by atoms with E-state index in [4.69, 9.17) is 14.2 Å². The lowest BCUT2D eigenvalue weighted by Crippen LogP contribution is -2.42. The fourth-order valence-corrected chi connectivity index (χ4v) is 1.70. The van der Waals surface area contributed by atoms with Gasteiger partial charge in [-0.25, -0.2) is 0 Å².